The molecule has 2 aromatic carbocycles. The predicted octanol–water partition coefficient (Wildman–Crippen LogP) is 3.94. The number of para-hydroxylation sites is 1. The molecule has 0 atom stereocenters. The van der Waals surface area contributed by atoms with Gasteiger partial charge in [0, 0.05) is 5.39 Å². The third-order valence-corrected chi connectivity index (χ3v) is 3.58. The van der Waals surface area contributed by atoms with Gasteiger partial charge in [-0.2, -0.15) is 0 Å². The first-order chi connectivity index (χ1) is 11.1. The average molecular weight is 310 g/mol. The van der Waals surface area contributed by atoms with Gasteiger partial charge < -0.3 is 10.1 Å². The van der Waals surface area contributed by atoms with E-state index in [1.54, 1.807) is 32.2 Å². The molecular weight excluding hydrogens is 295 g/mol. The summed E-state index contributed by atoms with van der Waals surface area (Å²) in [6.07, 6.45) is 0. The Hall–Kier alpha value is -2.95. The standard InChI is InChI=1S/C18H15FN2O2/c1-11-14(18(22)21-17-6-4-3-5-15(17)19)10-12-9-13(23-2)7-8-16(12)20-11/h3-10H,1-2H3,(H,21,22). The molecule has 4 nitrogen and oxygen atoms in total. The number of rotatable bonds is 3. The van der Waals surface area contributed by atoms with Gasteiger partial charge in [0.15, 0.2) is 0 Å². The number of hydrogen-bond acceptors (Lipinski definition) is 3. The minimum Gasteiger partial charge on any atom is -0.497 e. The van der Waals surface area contributed by atoms with Crippen molar-refractivity contribution in [3.8, 4) is 5.75 Å². The fourth-order valence-corrected chi connectivity index (χ4v) is 2.36. The highest BCUT2D eigenvalue weighted by Gasteiger charge is 2.14. The number of ether oxygens (including phenoxy) is 1. The van der Waals surface area contributed by atoms with Crippen molar-refractivity contribution in [2.24, 2.45) is 0 Å². The van der Waals surface area contributed by atoms with E-state index in [1.165, 1.54) is 12.1 Å². The van der Waals surface area contributed by atoms with E-state index in [2.05, 4.69) is 10.3 Å². The summed E-state index contributed by atoms with van der Waals surface area (Å²) in [5.41, 5.74) is 1.89. The zero-order chi connectivity index (χ0) is 16.4. The highest BCUT2D eigenvalue weighted by molar-refractivity contribution is 6.06. The largest absolute Gasteiger partial charge is 0.497 e. The number of halogens is 1. The first kappa shape index (κ1) is 15.0. The smallest absolute Gasteiger partial charge is 0.257 e. The summed E-state index contributed by atoms with van der Waals surface area (Å²) >= 11 is 0. The highest BCUT2D eigenvalue weighted by atomic mass is 19.1. The quantitative estimate of drug-likeness (QED) is 0.797. The van der Waals surface area contributed by atoms with E-state index in [0.29, 0.717) is 17.0 Å². The summed E-state index contributed by atoms with van der Waals surface area (Å²) in [4.78, 5) is 16.9. The number of pyridine rings is 1. The van der Waals surface area contributed by atoms with Crippen LogP contribution in [0.3, 0.4) is 0 Å². The molecule has 5 heteroatoms. The topological polar surface area (TPSA) is 51.2 Å². The Bertz CT molecular complexity index is 893. The van der Waals surface area contributed by atoms with Crippen LogP contribution in [0.15, 0.2) is 48.5 Å². The van der Waals surface area contributed by atoms with Gasteiger partial charge in [-0.1, -0.05) is 12.1 Å². The number of hydrogen-bond donors (Lipinski definition) is 1. The van der Waals surface area contributed by atoms with Crippen LogP contribution in [0.5, 0.6) is 5.75 Å². The van der Waals surface area contributed by atoms with Crippen molar-refractivity contribution in [2.75, 3.05) is 12.4 Å². The van der Waals surface area contributed by atoms with Crippen LogP contribution in [0.1, 0.15) is 16.1 Å². The summed E-state index contributed by atoms with van der Waals surface area (Å²) in [6, 6.07) is 13.2. The Morgan fingerprint density at radius 1 is 1.17 bits per heavy atom. The predicted molar refractivity (Wildman–Crippen MR) is 87.4 cm³/mol. The van der Waals surface area contributed by atoms with Crippen molar-refractivity contribution in [2.45, 2.75) is 6.92 Å². The molecule has 0 fully saturated rings. The van der Waals surface area contributed by atoms with E-state index in [1.807, 2.05) is 18.2 Å². The Morgan fingerprint density at radius 3 is 2.70 bits per heavy atom. The Labute approximate surface area is 132 Å². The maximum absolute atomic E-state index is 13.7. The van der Waals surface area contributed by atoms with Gasteiger partial charge in [-0.3, -0.25) is 9.78 Å². The number of carbonyl (C=O) groups is 1. The fraction of sp³-hybridized carbons (Fsp3) is 0.111. The Morgan fingerprint density at radius 2 is 1.96 bits per heavy atom. The lowest BCUT2D eigenvalue weighted by Gasteiger charge is -2.10. The van der Waals surface area contributed by atoms with Crippen molar-refractivity contribution in [1.82, 2.24) is 4.98 Å². The van der Waals surface area contributed by atoms with Crippen LogP contribution in [-0.4, -0.2) is 18.0 Å². The molecule has 0 unspecified atom stereocenters. The zero-order valence-electron chi connectivity index (χ0n) is 12.8. The molecule has 1 aromatic heterocycles. The molecule has 3 aromatic rings. The number of aryl methyl sites for hydroxylation is 1. The van der Waals surface area contributed by atoms with E-state index in [0.717, 1.165) is 10.9 Å². The van der Waals surface area contributed by atoms with Crippen molar-refractivity contribution in [3.63, 3.8) is 0 Å². The minimum absolute atomic E-state index is 0.141. The molecule has 0 aliphatic carbocycles. The lowest BCUT2D eigenvalue weighted by atomic mass is 10.1. The van der Waals surface area contributed by atoms with E-state index in [9.17, 15) is 9.18 Å². The highest BCUT2D eigenvalue weighted by Crippen LogP contribution is 2.23. The second kappa shape index (κ2) is 6.04. The SMILES string of the molecule is COc1ccc2nc(C)c(C(=O)Nc3ccccc3F)cc2c1. The summed E-state index contributed by atoms with van der Waals surface area (Å²) in [5, 5.41) is 3.36. The van der Waals surface area contributed by atoms with Crippen molar-refractivity contribution in [1.29, 1.82) is 0 Å². The summed E-state index contributed by atoms with van der Waals surface area (Å²) in [7, 11) is 1.58. The molecule has 0 aliphatic rings. The van der Waals surface area contributed by atoms with Gasteiger partial charge in [0.05, 0.1) is 29.6 Å². The van der Waals surface area contributed by atoms with Crippen LogP contribution in [0.4, 0.5) is 10.1 Å². The number of amides is 1. The van der Waals surface area contributed by atoms with E-state index >= 15 is 0 Å². The van der Waals surface area contributed by atoms with Gasteiger partial charge in [0.25, 0.3) is 5.91 Å². The average Bonchev–Trinajstić information content (AvgIpc) is 2.55. The second-order valence-electron chi connectivity index (χ2n) is 5.11. The first-order valence-corrected chi connectivity index (χ1v) is 7.10. The van der Waals surface area contributed by atoms with Gasteiger partial charge in [-0.05, 0) is 43.3 Å². The van der Waals surface area contributed by atoms with Gasteiger partial charge in [0.1, 0.15) is 11.6 Å². The molecule has 0 saturated carbocycles. The molecule has 23 heavy (non-hydrogen) atoms. The van der Waals surface area contributed by atoms with E-state index in [-0.39, 0.29) is 5.69 Å². The molecule has 1 heterocycles. The maximum Gasteiger partial charge on any atom is 0.257 e. The third-order valence-electron chi connectivity index (χ3n) is 3.58. The molecule has 0 bridgehead atoms. The Balaban J connectivity index is 1.99. The Kier molecular flexibility index (Phi) is 3.93. The van der Waals surface area contributed by atoms with Crippen molar-refractivity contribution >= 4 is 22.5 Å². The number of carbonyl (C=O) groups excluding carboxylic acids is 1. The molecule has 3 rings (SSSR count). The monoisotopic (exact) mass is 310 g/mol. The van der Waals surface area contributed by atoms with Crippen LogP contribution in [-0.2, 0) is 0 Å². The number of anilines is 1. The van der Waals surface area contributed by atoms with Crippen molar-refractivity contribution < 1.29 is 13.9 Å². The molecule has 0 saturated heterocycles. The number of methoxy groups -OCH3 is 1. The molecule has 1 N–H and O–H groups in total. The van der Waals surface area contributed by atoms with E-state index in [4.69, 9.17) is 4.74 Å². The fourth-order valence-electron chi connectivity index (χ4n) is 2.36. The van der Waals surface area contributed by atoms with Crippen molar-refractivity contribution in [3.05, 3.63) is 65.6 Å². The van der Waals surface area contributed by atoms with Crippen LogP contribution in [0.25, 0.3) is 10.9 Å². The number of aromatic nitrogens is 1. The lowest BCUT2D eigenvalue weighted by molar-refractivity contribution is 0.102. The lowest BCUT2D eigenvalue weighted by Crippen LogP contribution is -2.15. The second-order valence-corrected chi connectivity index (χ2v) is 5.11. The molecule has 0 spiro atoms. The zero-order valence-corrected chi connectivity index (χ0v) is 12.8. The van der Waals surface area contributed by atoms with Gasteiger partial charge in [0.2, 0.25) is 0 Å². The third kappa shape index (κ3) is 2.99. The van der Waals surface area contributed by atoms with Gasteiger partial charge in [-0.25, -0.2) is 4.39 Å². The molecule has 0 aliphatic heterocycles. The van der Waals surface area contributed by atoms with Crippen LogP contribution in [0, 0.1) is 12.7 Å². The summed E-state index contributed by atoms with van der Waals surface area (Å²) in [6.45, 7) is 1.75. The molecule has 116 valence electrons. The number of nitrogens with one attached hydrogen (secondary N) is 1. The van der Waals surface area contributed by atoms with Crippen LogP contribution < -0.4 is 10.1 Å². The number of benzene rings is 2. The summed E-state index contributed by atoms with van der Waals surface area (Å²) in [5.74, 6) is -0.192. The number of nitrogens with zero attached hydrogens (tertiary/aromatic N) is 1. The van der Waals surface area contributed by atoms with E-state index < -0.39 is 11.7 Å². The van der Waals surface area contributed by atoms with Crippen LogP contribution >= 0.6 is 0 Å². The van der Waals surface area contributed by atoms with Gasteiger partial charge >= 0.3 is 0 Å². The molecule has 0 radical (unpaired) electrons. The minimum atomic E-state index is -0.478. The number of fused-ring (bicyclic) bond motifs is 1. The van der Waals surface area contributed by atoms with Crippen LogP contribution in [0.2, 0.25) is 0 Å². The summed E-state index contributed by atoms with van der Waals surface area (Å²) < 4.78 is 18.9. The first-order valence-electron chi connectivity index (χ1n) is 7.10. The maximum atomic E-state index is 13.7. The molecular formula is C18H15FN2O2. The van der Waals surface area contributed by atoms with Gasteiger partial charge in [-0.15, -0.1) is 0 Å². The normalized spacial score (nSPS) is 10.6. The molecule has 1 amide bonds.